The van der Waals surface area contributed by atoms with Crippen molar-refractivity contribution in [3.05, 3.63) is 12.8 Å². The topological polar surface area (TPSA) is 29.5 Å². The Morgan fingerprint density at radius 2 is 1.75 bits per heavy atom. The van der Waals surface area contributed by atoms with Gasteiger partial charge >= 0.3 is 11.8 Å². The zero-order valence-corrected chi connectivity index (χ0v) is 6.07. The molecule has 0 fully saturated rings. The molecule has 0 saturated carbocycles. The maximum Gasteiger partial charge on any atom is 0.345 e. The molecular weight excluding hydrogens is 180 g/mol. The van der Waals surface area contributed by atoms with E-state index in [4.69, 9.17) is 5.11 Å². The maximum absolute atomic E-state index is 12.3. The number of aliphatic hydroxyl groups is 1. The van der Waals surface area contributed by atoms with Crippen LogP contribution < -0.4 is 0 Å². The van der Waals surface area contributed by atoms with Crippen LogP contribution in [-0.4, -0.2) is 30.2 Å². The number of alkyl halides is 4. The molecule has 12 heavy (non-hydrogen) atoms. The lowest BCUT2D eigenvalue weighted by Crippen LogP contribution is -2.46. The predicted octanol–water partition coefficient (Wildman–Crippen LogP) is 1.41. The summed E-state index contributed by atoms with van der Waals surface area (Å²) in [4.78, 5) is 0. The highest BCUT2D eigenvalue weighted by atomic mass is 19.3. The first-order valence-corrected chi connectivity index (χ1v) is 2.96. The van der Waals surface area contributed by atoms with Crippen LogP contribution in [0.2, 0.25) is 0 Å². The van der Waals surface area contributed by atoms with Crippen molar-refractivity contribution >= 4 is 0 Å². The quantitative estimate of drug-likeness (QED) is 0.522. The molecule has 0 heterocycles. The normalized spacial score (nSPS) is 12.8. The molecule has 0 bridgehead atoms. The molecular formula is C6H8F4O2. The minimum Gasteiger partial charge on any atom is -0.495 e. The monoisotopic (exact) mass is 188 g/mol. The van der Waals surface area contributed by atoms with Gasteiger partial charge in [0.15, 0.2) is 6.61 Å². The molecule has 1 N–H and O–H groups in total. The van der Waals surface area contributed by atoms with E-state index in [9.17, 15) is 17.6 Å². The average molecular weight is 188 g/mol. The summed E-state index contributed by atoms with van der Waals surface area (Å²) in [6.45, 7) is -0.503. The molecule has 0 aromatic rings. The van der Waals surface area contributed by atoms with Crippen LogP contribution in [0, 0.1) is 0 Å². The lowest BCUT2D eigenvalue weighted by Gasteiger charge is -2.23. The molecule has 0 rings (SSSR count). The van der Waals surface area contributed by atoms with E-state index in [0.29, 0.717) is 6.26 Å². The van der Waals surface area contributed by atoms with Gasteiger partial charge in [-0.3, -0.25) is 0 Å². The number of rotatable bonds is 5. The molecule has 72 valence electrons. The smallest absolute Gasteiger partial charge is 0.345 e. The van der Waals surface area contributed by atoms with Crippen LogP contribution in [0.3, 0.4) is 0 Å². The molecule has 0 aliphatic heterocycles. The van der Waals surface area contributed by atoms with Crippen LogP contribution in [0.15, 0.2) is 12.8 Å². The summed E-state index contributed by atoms with van der Waals surface area (Å²) in [7, 11) is 0. The summed E-state index contributed by atoms with van der Waals surface area (Å²) in [5.74, 6) is -8.84. The van der Waals surface area contributed by atoms with Crippen molar-refractivity contribution in [2.75, 3.05) is 13.2 Å². The second-order valence-corrected chi connectivity index (χ2v) is 2.04. The zero-order chi connectivity index (χ0) is 9.83. The first-order chi connectivity index (χ1) is 5.37. The Labute approximate surface area is 66.4 Å². The lowest BCUT2D eigenvalue weighted by molar-refractivity contribution is -0.239. The van der Waals surface area contributed by atoms with Gasteiger partial charge in [0.1, 0.15) is 6.61 Å². The average Bonchev–Trinajstić information content (AvgIpc) is 2.00. The SMILES string of the molecule is C=COCC(F)(F)C(F)(F)CO. The molecule has 0 aliphatic carbocycles. The Balaban J connectivity index is 4.26. The number of hydrogen-bond acceptors (Lipinski definition) is 2. The number of ether oxygens (including phenoxy) is 1. The second kappa shape index (κ2) is 3.75. The van der Waals surface area contributed by atoms with Gasteiger partial charge in [0.2, 0.25) is 0 Å². The van der Waals surface area contributed by atoms with Crippen molar-refractivity contribution in [1.29, 1.82) is 0 Å². The third-order valence-electron chi connectivity index (χ3n) is 1.12. The fourth-order valence-electron chi connectivity index (χ4n) is 0.385. The third kappa shape index (κ3) is 2.37. The summed E-state index contributed by atoms with van der Waals surface area (Å²) in [6.07, 6.45) is 0.626. The van der Waals surface area contributed by atoms with Crippen molar-refractivity contribution in [3.63, 3.8) is 0 Å². The first-order valence-electron chi connectivity index (χ1n) is 2.96. The summed E-state index contributed by atoms with van der Waals surface area (Å²) < 4.78 is 52.8. The van der Waals surface area contributed by atoms with Gasteiger partial charge in [-0.15, -0.1) is 0 Å². The molecule has 0 aromatic carbocycles. The lowest BCUT2D eigenvalue weighted by atomic mass is 10.2. The van der Waals surface area contributed by atoms with Gasteiger partial charge in [0.05, 0.1) is 6.26 Å². The number of halogens is 4. The maximum atomic E-state index is 12.3. The van der Waals surface area contributed by atoms with E-state index < -0.39 is 25.1 Å². The van der Waals surface area contributed by atoms with E-state index in [0.717, 1.165) is 0 Å². The molecule has 0 aliphatic rings. The van der Waals surface area contributed by atoms with Crippen LogP contribution in [0.25, 0.3) is 0 Å². The van der Waals surface area contributed by atoms with E-state index in [-0.39, 0.29) is 0 Å². The molecule has 0 spiro atoms. The van der Waals surface area contributed by atoms with E-state index in [1.54, 1.807) is 0 Å². The molecule has 0 aromatic heterocycles. The van der Waals surface area contributed by atoms with Gasteiger partial charge in [-0.25, -0.2) is 0 Å². The van der Waals surface area contributed by atoms with Crippen molar-refractivity contribution in [2.45, 2.75) is 11.8 Å². The Kier molecular flexibility index (Phi) is 3.51. The van der Waals surface area contributed by atoms with Crippen LogP contribution in [0.1, 0.15) is 0 Å². The Bertz CT molecular complexity index is 158. The van der Waals surface area contributed by atoms with E-state index in [2.05, 4.69) is 11.3 Å². The summed E-state index contributed by atoms with van der Waals surface area (Å²) in [6, 6.07) is 0. The molecule has 0 saturated heterocycles. The summed E-state index contributed by atoms with van der Waals surface area (Å²) in [5.41, 5.74) is 0. The fourth-order valence-corrected chi connectivity index (χ4v) is 0.385. The molecule has 0 amide bonds. The van der Waals surface area contributed by atoms with Crippen molar-refractivity contribution in [2.24, 2.45) is 0 Å². The van der Waals surface area contributed by atoms with Crippen LogP contribution in [-0.2, 0) is 4.74 Å². The molecule has 0 atom stereocenters. The minimum atomic E-state index is -4.46. The van der Waals surface area contributed by atoms with E-state index >= 15 is 0 Å². The Morgan fingerprint density at radius 3 is 2.08 bits per heavy atom. The standard InChI is InChI=1S/C6H8F4O2/c1-2-12-4-6(9,10)5(7,8)3-11/h2,11H,1,3-4H2. The molecule has 2 nitrogen and oxygen atoms in total. The van der Waals surface area contributed by atoms with Crippen molar-refractivity contribution in [1.82, 2.24) is 0 Å². The molecule has 0 radical (unpaired) electrons. The van der Waals surface area contributed by atoms with Gasteiger partial charge in [-0.05, 0) is 0 Å². The Morgan fingerprint density at radius 1 is 1.25 bits per heavy atom. The molecule has 0 unspecified atom stereocenters. The fraction of sp³-hybridized carbons (Fsp3) is 0.667. The van der Waals surface area contributed by atoms with E-state index in [1.807, 2.05) is 0 Å². The first kappa shape index (κ1) is 11.2. The largest absolute Gasteiger partial charge is 0.495 e. The van der Waals surface area contributed by atoms with Gasteiger partial charge < -0.3 is 9.84 Å². The van der Waals surface area contributed by atoms with Gasteiger partial charge in [-0.1, -0.05) is 6.58 Å². The zero-order valence-electron chi connectivity index (χ0n) is 6.07. The predicted molar refractivity (Wildman–Crippen MR) is 33.1 cm³/mol. The minimum absolute atomic E-state index is 0.626. The Hall–Kier alpha value is -0.780. The van der Waals surface area contributed by atoms with Gasteiger partial charge in [-0.2, -0.15) is 17.6 Å². The number of aliphatic hydroxyl groups excluding tert-OH is 1. The highest BCUT2D eigenvalue weighted by molar-refractivity contribution is 4.84. The highest BCUT2D eigenvalue weighted by Gasteiger charge is 2.56. The van der Waals surface area contributed by atoms with Crippen LogP contribution >= 0.6 is 0 Å². The highest BCUT2D eigenvalue weighted by Crippen LogP contribution is 2.33. The second-order valence-electron chi connectivity index (χ2n) is 2.04. The summed E-state index contributed by atoms with van der Waals surface area (Å²) >= 11 is 0. The van der Waals surface area contributed by atoms with Gasteiger partial charge in [0, 0.05) is 0 Å². The molecule has 6 heteroatoms. The summed E-state index contributed by atoms with van der Waals surface area (Å²) in [5, 5.41) is 7.92. The van der Waals surface area contributed by atoms with E-state index in [1.165, 1.54) is 0 Å². The van der Waals surface area contributed by atoms with Crippen LogP contribution in [0.5, 0.6) is 0 Å². The van der Waals surface area contributed by atoms with Crippen molar-refractivity contribution in [3.8, 4) is 0 Å². The van der Waals surface area contributed by atoms with Gasteiger partial charge in [0.25, 0.3) is 0 Å². The van der Waals surface area contributed by atoms with Crippen LogP contribution in [0.4, 0.5) is 17.6 Å². The number of hydrogen-bond donors (Lipinski definition) is 1. The third-order valence-corrected chi connectivity index (χ3v) is 1.12. The van der Waals surface area contributed by atoms with Crippen molar-refractivity contribution < 1.29 is 27.4 Å².